The average Bonchev–Trinajstić information content (AvgIpc) is 3.05. The predicted molar refractivity (Wildman–Crippen MR) is 175 cm³/mol. The number of para-hydroxylation sites is 1. The van der Waals surface area contributed by atoms with Gasteiger partial charge in [-0.25, -0.2) is 4.58 Å². The van der Waals surface area contributed by atoms with E-state index in [1.54, 1.807) is 6.08 Å². The number of ketones is 1. The number of unbranched alkanes of at least 4 members (excludes halogenated alkanes) is 9. The van der Waals surface area contributed by atoms with Crippen LogP contribution in [0.15, 0.2) is 114 Å². The Labute approximate surface area is 256 Å². The molecule has 222 valence electrons. The summed E-state index contributed by atoms with van der Waals surface area (Å²) in [6, 6.07) is 17.5. The van der Waals surface area contributed by atoms with E-state index in [9.17, 15) is 9.90 Å². The second-order valence-corrected chi connectivity index (χ2v) is 11.7. The molecule has 0 saturated heterocycles. The van der Waals surface area contributed by atoms with Crippen LogP contribution in [-0.4, -0.2) is 29.7 Å². The zero-order chi connectivity index (χ0) is 30.0. The second kappa shape index (κ2) is 14.8. The molecule has 2 aromatic rings. The lowest BCUT2D eigenvalue weighted by atomic mass is 9.81. The molecule has 0 radical (unpaired) electrons. The molecule has 0 atom stereocenters. The fourth-order valence-electron chi connectivity index (χ4n) is 5.84. The van der Waals surface area contributed by atoms with Crippen LogP contribution in [0.1, 0.15) is 82.3 Å². The van der Waals surface area contributed by atoms with Gasteiger partial charge in [-0.15, -0.1) is 0 Å². The molecular weight excluding hydrogens is 530 g/mol. The third kappa shape index (κ3) is 7.43. The van der Waals surface area contributed by atoms with Crippen LogP contribution in [0.5, 0.6) is 5.75 Å². The Kier molecular flexibility index (Phi) is 10.4. The summed E-state index contributed by atoms with van der Waals surface area (Å²) >= 11 is 0. The molecule has 2 aromatic carbocycles. The lowest BCUT2D eigenvalue weighted by Crippen LogP contribution is -2.30. The molecule has 2 aliphatic carbocycles. The van der Waals surface area contributed by atoms with Gasteiger partial charge in [-0.05, 0) is 47.9 Å². The standard InChI is InChI=1S/C39H43NO3/c1-3-4-5-6-7-8-9-10-11-17-26-40(2)32-24-22-30(23-25-32)37-38(41)34(39(37)42)27-31-28-36(29-18-13-12-14-19-29)43-35-21-16-15-20-33(31)35/h12-16,18-25,27-28H,3-11,17,26H2,1-2H3/b31-27+. The minimum Gasteiger partial charge on any atom is -0.871 e. The summed E-state index contributed by atoms with van der Waals surface area (Å²) in [5.74, 6) is 0.980. The number of fused-ring (bicyclic) bond motifs is 1. The van der Waals surface area contributed by atoms with Crippen molar-refractivity contribution in [1.29, 1.82) is 0 Å². The molecule has 0 spiro atoms. The number of rotatable bonds is 13. The molecule has 0 saturated carbocycles. The summed E-state index contributed by atoms with van der Waals surface area (Å²) < 4.78 is 8.40. The molecular formula is C39H43NO3. The second-order valence-electron chi connectivity index (χ2n) is 11.7. The number of hydrogen-bond acceptors (Lipinski definition) is 3. The highest BCUT2D eigenvalue weighted by Crippen LogP contribution is 2.40. The molecule has 4 heteroatoms. The topological polar surface area (TPSA) is 52.4 Å². The minimum atomic E-state index is -0.206. The summed E-state index contributed by atoms with van der Waals surface area (Å²) in [7, 11) is 2.11. The first-order valence-electron chi connectivity index (χ1n) is 16.0. The average molecular weight is 574 g/mol. The van der Waals surface area contributed by atoms with Crippen LogP contribution in [0.4, 0.5) is 0 Å². The number of nitrogens with zero attached hydrogens (tertiary/aromatic N) is 1. The summed E-state index contributed by atoms with van der Waals surface area (Å²) in [5.41, 5.74) is 4.85. The Hall–Kier alpha value is -4.18. The summed E-state index contributed by atoms with van der Waals surface area (Å²) in [6.07, 6.45) is 24.7. The summed E-state index contributed by atoms with van der Waals surface area (Å²) in [5, 5.41) is 13.2. The molecule has 0 N–H and O–H groups in total. The van der Waals surface area contributed by atoms with E-state index in [2.05, 4.69) is 18.5 Å². The number of benzene rings is 2. The number of carbonyl (C=O) groups excluding carboxylic acids is 1. The molecule has 0 amide bonds. The molecule has 43 heavy (non-hydrogen) atoms. The van der Waals surface area contributed by atoms with Gasteiger partial charge in [0, 0.05) is 40.8 Å². The van der Waals surface area contributed by atoms with Crippen molar-refractivity contribution < 1.29 is 19.2 Å². The van der Waals surface area contributed by atoms with Gasteiger partial charge in [0.15, 0.2) is 11.5 Å². The van der Waals surface area contributed by atoms with E-state index in [1.165, 1.54) is 64.2 Å². The van der Waals surface area contributed by atoms with Crippen molar-refractivity contribution in [2.45, 2.75) is 71.1 Å². The lowest BCUT2D eigenvalue weighted by molar-refractivity contribution is -0.496. The Morgan fingerprint density at radius 2 is 1.42 bits per heavy atom. The van der Waals surface area contributed by atoms with Gasteiger partial charge in [0.1, 0.15) is 25.1 Å². The van der Waals surface area contributed by atoms with Gasteiger partial charge in [-0.3, -0.25) is 4.79 Å². The fourth-order valence-corrected chi connectivity index (χ4v) is 5.84. The van der Waals surface area contributed by atoms with Gasteiger partial charge in [0.2, 0.25) is 0 Å². The first kappa shape index (κ1) is 30.3. The van der Waals surface area contributed by atoms with Gasteiger partial charge >= 0.3 is 0 Å². The van der Waals surface area contributed by atoms with Crippen molar-refractivity contribution in [2.24, 2.45) is 0 Å². The third-order valence-electron chi connectivity index (χ3n) is 8.45. The molecule has 4 nitrogen and oxygen atoms in total. The monoisotopic (exact) mass is 573 g/mol. The smallest absolute Gasteiger partial charge is 0.199 e. The summed E-state index contributed by atoms with van der Waals surface area (Å²) in [4.78, 5) is 13.2. The zero-order valence-corrected chi connectivity index (χ0v) is 25.6. The fraction of sp³-hybridized carbons (Fsp3) is 0.333. The van der Waals surface area contributed by atoms with E-state index in [4.69, 9.17) is 4.74 Å². The predicted octanol–water partition coefficient (Wildman–Crippen LogP) is 8.13. The molecule has 0 fully saturated rings. The Morgan fingerprint density at radius 3 is 2.09 bits per heavy atom. The van der Waals surface area contributed by atoms with E-state index in [-0.39, 0.29) is 22.7 Å². The van der Waals surface area contributed by atoms with E-state index in [0.717, 1.165) is 29.0 Å². The van der Waals surface area contributed by atoms with Crippen molar-refractivity contribution in [2.75, 3.05) is 13.6 Å². The lowest BCUT2D eigenvalue weighted by Gasteiger charge is -2.31. The highest BCUT2D eigenvalue weighted by molar-refractivity contribution is 6.23. The maximum absolute atomic E-state index is 13.2. The van der Waals surface area contributed by atoms with Crippen LogP contribution in [0.3, 0.4) is 0 Å². The molecule has 0 bridgehead atoms. The quantitative estimate of drug-likeness (QED) is 0.138. The van der Waals surface area contributed by atoms with Crippen molar-refractivity contribution >= 4 is 22.8 Å². The number of ether oxygens (including phenoxy) is 1. The Balaban J connectivity index is 1.22. The number of allylic oxidation sites excluding steroid dienone is 10. The van der Waals surface area contributed by atoms with Crippen molar-refractivity contribution in [3.8, 4) is 5.75 Å². The highest BCUT2D eigenvalue weighted by Gasteiger charge is 2.29. The van der Waals surface area contributed by atoms with Crippen molar-refractivity contribution in [3.05, 3.63) is 125 Å². The van der Waals surface area contributed by atoms with Crippen LogP contribution in [0, 0.1) is 0 Å². The highest BCUT2D eigenvalue weighted by atomic mass is 16.5. The molecule has 5 rings (SSSR count). The van der Waals surface area contributed by atoms with E-state index >= 15 is 0 Å². The van der Waals surface area contributed by atoms with Gasteiger partial charge < -0.3 is 9.84 Å². The molecule has 1 aliphatic heterocycles. The SMILES string of the molecule is CCCCCCCCCCCC[N+](C)=C1C=CC(=C2C(=O)C(/C=C3\C=C(c4ccccc4)Oc4ccccc43)=C2[O-])C=C1. The summed E-state index contributed by atoms with van der Waals surface area (Å²) in [6.45, 7) is 3.26. The molecule has 0 unspecified atom stereocenters. The molecule has 3 aliphatic rings. The number of hydrogen-bond donors (Lipinski definition) is 0. The molecule has 1 heterocycles. The van der Waals surface area contributed by atoms with E-state index in [1.807, 2.05) is 85.0 Å². The van der Waals surface area contributed by atoms with Gasteiger partial charge in [-0.2, -0.15) is 0 Å². The normalized spacial score (nSPS) is 16.8. The third-order valence-corrected chi connectivity index (χ3v) is 8.45. The first-order chi connectivity index (χ1) is 21.1. The number of carbonyl (C=O) groups is 1. The van der Waals surface area contributed by atoms with E-state index in [0.29, 0.717) is 17.1 Å². The van der Waals surface area contributed by atoms with Crippen molar-refractivity contribution in [3.63, 3.8) is 0 Å². The van der Waals surface area contributed by atoms with Crippen LogP contribution >= 0.6 is 0 Å². The first-order valence-corrected chi connectivity index (χ1v) is 16.0. The van der Waals surface area contributed by atoms with Crippen LogP contribution < -0.4 is 9.84 Å². The van der Waals surface area contributed by atoms with Gasteiger partial charge in [-0.1, -0.05) is 113 Å². The largest absolute Gasteiger partial charge is 0.871 e. The Morgan fingerprint density at radius 1 is 0.791 bits per heavy atom. The van der Waals surface area contributed by atoms with Crippen LogP contribution in [-0.2, 0) is 4.79 Å². The molecule has 0 aromatic heterocycles. The van der Waals surface area contributed by atoms with Gasteiger partial charge in [0.25, 0.3) is 0 Å². The van der Waals surface area contributed by atoms with Crippen LogP contribution in [0.25, 0.3) is 11.3 Å². The Bertz CT molecular complexity index is 1530. The minimum absolute atomic E-state index is 0.206. The van der Waals surface area contributed by atoms with Crippen molar-refractivity contribution in [1.82, 2.24) is 0 Å². The van der Waals surface area contributed by atoms with Gasteiger partial charge in [0.05, 0.1) is 0 Å². The number of Topliss-reactive ketones (excluding diaryl/α,β-unsaturated/α-hetero) is 1. The zero-order valence-electron chi connectivity index (χ0n) is 25.6. The van der Waals surface area contributed by atoms with Crippen LogP contribution in [0.2, 0.25) is 0 Å². The maximum atomic E-state index is 13.2. The maximum Gasteiger partial charge on any atom is 0.199 e. The van der Waals surface area contributed by atoms with E-state index < -0.39 is 0 Å².